The van der Waals surface area contributed by atoms with Crippen LogP contribution >= 0.6 is 15.9 Å². The van der Waals surface area contributed by atoms with E-state index in [9.17, 15) is 4.79 Å². The third kappa shape index (κ3) is 2.44. The lowest BCUT2D eigenvalue weighted by Crippen LogP contribution is -2.56. The van der Waals surface area contributed by atoms with Gasteiger partial charge in [-0.1, -0.05) is 0 Å². The summed E-state index contributed by atoms with van der Waals surface area (Å²) < 4.78 is 3.20. The SMILES string of the molecule is CC1CN2CCCC2CN1C(=O)c1cc(Br)cn1C1CC1. The molecule has 2 saturated heterocycles. The maximum atomic E-state index is 13.0. The van der Waals surface area contributed by atoms with Crippen molar-refractivity contribution in [3.8, 4) is 0 Å². The Kier molecular flexibility index (Phi) is 3.38. The van der Waals surface area contributed by atoms with E-state index in [0.717, 1.165) is 23.3 Å². The van der Waals surface area contributed by atoms with Gasteiger partial charge in [-0.15, -0.1) is 0 Å². The predicted octanol–water partition coefficient (Wildman–Crippen LogP) is 2.89. The molecule has 0 N–H and O–H groups in total. The van der Waals surface area contributed by atoms with Gasteiger partial charge in [-0.05, 0) is 61.1 Å². The van der Waals surface area contributed by atoms with E-state index < -0.39 is 0 Å². The summed E-state index contributed by atoms with van der Waals surface area (Å²) in [6.45, 7) is 5.32. The molecule has 1 aromatic heterocycles. The number of hydrogen-bond donors (Lipinski definition) is 0. The summed E-state index contributed by atoms with van der Waals surface area (Å²) in [6, 6.07) is 3.43. The van der Waals surface area contributed by atoms with Crippen LogP contribution < -0.4 is 0 Å². The standard InChI is InChI=1S/C16H22BrN3O/c1-11-8-18-6-2-3-14(18)10-19(11)16(21)15-7-12(17)9-20(15)13-4-5-13/h7,9,11,13-14H,2-6,8,10H2,1H3. The molecule has 0 bridgehead atoms. The minimum absolute atomic E-state index is 0.214. The van der Waals surface area contributed by atoms with Gasteiger partial charge in [-0.25, -0.2) is 0 Å². The van der Waals surface area contributed by atoms with E-state index in [0.29, 0.717) is 18.1 Å². The Labute approximate surface area is 134 Å². The molecule has 2 atom stereocenters. The number of piperazine rings is 1. The van der Waals surface area contributed by atoms with Gasteiger partial charge in [-0.2, -0.15) is 0 Å². The van der Waals surface area contributed by atoms with E-state index in [-0.39, 0.29) is 5.91 Å². The zero-order valence-corrected chi connectivity index (χ0v) is 14.1. The summed E-state index contributed by atoms with van der Waals surface area (Å²) >= 11 is 3.53. The lowest BCUT2D eigenvalue weighted by molar-refractivity contribution is 0.0386. The van der Waals surface area contributed by atoms with Gasteiger partial charge in [0.1, 0.15) is 5.69 Å². The van der Waals surface area contributed by atoms with Crippen LogP contribution in [-0.2, 0) is 0 Å². The van der Waals surface area contributed by atoms with E-state index >= 15 is 0 Å². The molecule has 21 heavy (non-hydrogen) atoms. The number of nitrogens with zero attached hydrogens (tertiary/aromatic N) is 3. The van der Waals surface area contributed by atoms with Gasteiger partial charge in [0.05, 0.1) is 0 Å². The van der Waals surface area contributed by atoms with Crippen molar-refractivity contribution in [2.45, 2.75) is 50.7 Å². The van der Waals surface area contributed by atoms with Crippen molar-refractivity contribution in [3.63, 3.8) is 0 Å². The Morgan fingerprint density at radius 2 is 2.05 bits per heavy atom. The van der Waals surface area contributed by atoms with Gasteiger partial charge in [0, 0.05) is 41.9 Å². The summed E-state index contributed by atoms with van der Waals surface area (Å²) in [5.74, 6) is 0.214. The van der Waals surface area contributed by atoms with Crippen molar-refractivity contribution in [1.29, 1.82) is 0 Å². The normalized spacial score (nSPS) is 29.7. The van der Waals surface area contributed by atoms with Gasteiger partial charge in [0.15, 0.2) is 0 Å². The molecule has 114 valence electrons. The van der Waals surface area contributed by atoms with E-state index in [4.69, 9.17) is 0 Å². The largest absolute Gasteiger partial charge is 0.339 e. The highest BCUT2D eigenvalue weighted by atomic mass is 79.9. The molecule has 2 unspecified atom stereocenters. The van der Waals surface area contributed by atoms with E-state index in [1.807, 2.05) is 6.07 Å². The minimum Gasteiger partial charge on any atom is -0.339 e. The Balaban J connectivity index is 1.59. The molecule has 4 rings (SSSR count). The molecule has 1 saturated carbocycles. The number of aromatic nitrogens is 1. The van der Waals surface area contributed by atoms with Gasteiger partial charge in [0.2, 0.25) is 0 Å². The Morgan fingerprint density at radius 1 is 1.24 bits per heavy atom. The molecule has 1 aliphatic carbocycles. The first-order valence-electron chi connectivity index (χ1n) is 8.06. The zero-order chi connectivity index (χ0) is 14.6. The number of amides is 1. The Hall–Kier alpha value is -0.810. The molecule has 1 amide bonds. The Bertz CT molecular complexity index is 566. The molecule has 1 aromatic rings. The molecule has 2 aliphatic heterocycles. The van der Waals surface area contributed by atoms with Crippen LogP contribution in [0, 0.1) is 0 Å². The second-order valence-corrected chi connectivity index (χ2v) is 7.70. The molecule has 0 aromatic carbocycles. The third-order valence-corrected chi connectivity index (χ3v) is 5.61. The van der Waals surface area contributed by atoms with E-state index in [1.165, 1.54) is 32.2 Å². The summed E-state index contributed by atoms with van der Waals surface area (Å²) in [6.07, 6.45) is 7.00. The van der Waals surface area contributed by atoms with Gasteiger partial charge in [-0.3, -0.25) is 9.69 Å². The summed E-state index contributed by atoms with van der Waals surface area (Å²) in [5.41, 5.74) is 0.864. The molecule has 3 fully saturated rings. The third-order valence-electron chi connectivity index (χ3n) is 5.17. The van der Waals surface area contributed by atoms with Crippen LogP contribution in [0.3, 0.4) is 0 Å². The molecule has 4 nitrogen and oxygen atoms in total. The molecule has 5 heteroatoms. The quantitative estimate of drug-likeness (QED) is 0.819. The zero-order valence-electron chi connectivity index (χ0n) is 12.5. The molecular weight excluding hydrogens is 330 g/mol. The van der Waals surface area contributed by atoms with Crippen molar-refractivity contribution in [2.75, 3.05) is 19.6 Å². The first kappa shape index (κ1) is 13.8. The second kappa shape index (κ2) is 5.13. The number of carbonyl (C=O) groups is 1. The van der Waals surface area contributed by atoms with Crippen LogP contribution in [0.4, 0.5) is 0 Å². The summed E-state index contributed by atoms with van der Waals surface area (Å²) in [4.78, 5) is 17.7. The van der Waals surface area contributed by atoms with Crippen LogP contribution in [0.5, 0.6) is 0 Å². The minimum atomic E-state index is 0.214. The van der Waals surface area contributed by atoms with Gasteiger partial charge in [0.25, 0.3) is 5.91 Å². The van der Waals surface area contributed by atoms with Crippen LogP contribution in [0.2, 0.25) is 0 Å². The number of halogens is 1. The lowest BCUT2D eigenvalue weighted by Gasteiger charge is -2.42. The second-order valence-electron chi connectivity index (χ2n) is 6.78. The van der Waals surface area contributed by atoms with Crippen molar-refractivity contribution in [2.24, 2.45) is 0 Å². The van der Waals surface area contributed by atoms with E-state index in [1.54, 1.807) is 0 Å². The average molecular weight is 352 g/mol. The maximum absolute atomic E-state index is 13.0. The highest BCUT2D eigenvalue weighted by Crippen LogP contribution is 2.38. The number of rotatable bonds is 2. The topological polar surface area (TPSA) is 28.5 Å². The van der Waals surface area contributed by atoms with Crippen LogP contribution in [0.25, 0.3) is 0 Å². The number of hydrogen-bond acceptors (Lipinski definition) is 2. The fourth-order valence-electron chi connectivity index (χ4n) is 3.89. The Morgan fingerprint density at radius 3 is 2.81 bits per heavy atom. The van der Waals surface area contributed by atoms with Crippen LogP contribution in [0.15, 0.2) is 16.7 Å². The fraction of sp³-hybridized carbons (Fsp3) is 0.688. The fourth-order valence-corrected chi connectivity index (χ4v) is 4.33. The molecule has 0 spiro atoms. The first-order chi connectivity index (χ1) is 10.1. The highest BCUT2D eigenvalue weighted by molar-refractivity contribution is 9.10. The molecular formula is C16H22BrN3O. The number of fused-ring (bicyclic) bond motifs is 1. The van der Waals surface area contributed by atoms with Gasteiger partial charge < -0.3 is 9.47 Å². The monoisotopic (exact) mass is 351 g/mol. The van der Waals surface area contributed by atoms with Crippen molar-refractivity contribution >= 4 is 21.8 Å². The van der Waals surface area contributed by atoms with Crippen LogP contribution in [0.1, 0.15) is 49.1 Å². The first-order valence-corrected chi connectivity index (χ1v) is 8.85. The maximum Gasteiger partial charge on any atom is 0.270 e. The molecule has 3 heterocycles. The van der Waals surface area contributed by atoms with Crippen molar-refractivity contribution < 1.29 is 4.79 Å². The highest BCUT2D eigenvalue weighted by Gasteiger charge is 2.38. The van der Waals surface area contributed by atoms with Gasteiger partial charge >= 0.3 is 0 Å². The predicted molar refractivity (Wildman–Crippen MR) is 85.5 cm³/mol. The average Bonchev–Trinajstić information content (AvgIpc) is 3.08. The molecule has 0 radical (unpaired) electrons. The van der Waals surface area contributed by atoms with Crippen LogP contribution in [-0.4, -0.2) is 52.0 Å². The van der Waals surface area contributed by atoms with E-state index in [2.05, 4.69) is 43.4 Å². The number of carbonyl (C=O) groups excluding carboxylic acids is 1. The van der Waals surface area contributed by atoms with Crippen molar-refractivity contribution in [3.05, 3.63) is 22.4 Å². The molecule has 3 aliphatic rings. The summed E-state index contributed by atoms with van der Waals surface area (Å²) in [7, 11) is 0. The lowest BCUT2D eigenvalue weighted by atomic mass is 10.1. The van der Waals surface area contributed by atoms with Crippen molar-refractivity contribution in [1.82, 2.24) is 14.4 Å². The summed E-state index contributed by atoms with van der Waals surface area (Å²) in [5, 5.41) is 0. The smallest absolute Gasteiger partial charge is 0.270 e.